The minimum Gasteiger partial charge on any atom is -0.463 e. The number of carbonyl (C=O) groups excluding carboxylic acids is 1. The minimum absolute atomic E-state index is 0.269. The summed E-state index contributed by atoms with van der Waals surface area (Å²) in [4.78, 5) is 11.2. The second kappa shape index (κ2) is 4.40. The van der Waals surface area contributed by atoms with E-state index in [1.807, 2.05) is 0 Å². The van der Waals surface area contributed by atoms with E-state index in [1.54, 1.807) is 6.92 Å². The van der Waals surface area contributed by atoms with E-state index in [-0.39, 0.29) is 4.90 Å². The Morgan fingerprint density at radius 2 is 2.50 bits per heavy atom. The average Bonchev–Trinajstić information content (AvgIpc) is 2.46. The molecule has 1 heterocycles. The minimum atomic E-state index is -0.479. The molecule has 0 saturated carbocycles. The molecular formula is C8H10N2O4. The topological polar surface area (TPSA) is 79.3 Å². The van der Waals surface area contributed by atoms with Crippen LogP contribution in [-0.2, 0) is 9.53 Å². The summed E-state index contributed by atoms with van der Waals surface area (Å²) in [6.07, 6.45) is 2.56. The summed E-state index contributed by atoms with van der Waals surface area (Å²) in [6, 6.07) is 0. The number of hydrogen-bond donors (Lipinski definition) is 0. The van der Waals surface area contributed by atoms with Crippen molar-refractivity contribution in [2.24, 2.45) is 0 Å². The summed E-state index contributed by atoms with van der Waals surface area (Å²) < 4.78 is 8.94. The first-order valence-corrected chi connectivity index (χ1v) is 4.06. The molecule has 14 heavy (non-hydrogen) atoms. The van der Waals surface area contributed by atoms with Crippen molar-refractivity contribution < 1.29 is 19.1 Å². The fraction of sp³-hybridized carbons (Fsp3) is 0.375. The van der Waals surface area contributed by atoms with Gasteiger partial charge in [-0.25, -0.2) is 4.79 Å². The first-order valence-electron chi connectivity index (χ1n) is 4.06. The maximum Gasteiger partial charge on any atom is 0.330 e. The Hall–Kier alpha value is -1.85. The molecule has 0 aliphatic heterocycles. The van der Waals surface area contributed by atoms with Crippen molar-refractivity contribution in [3.63, 3.8) is 0 Å². The lowest BCUT2D eigenvalue weighted by atomic mass is 10.3. The molecule has 0 fully saturated rings. The van der Waals surface area contributed by atoms with Gasteiger partial charge in [0.2, 0.25) is 5.69 Å². The summed E-state index contributed by atoms with van der Waals surface area (Å²) >= 11 is 0. The van der Waals surface area contributed by atoms with Crippen molar-refractivity contribution in [1.29, 1.82) is 0 Å². The SMILES string of the molecule is CCOC(=O)/C=C/c1no[n+]([O-])c1C. The van der Waals surface area contributed by atoms with Crippen LogP contribution in [0.1, 0.15) is 18.3 Å². The molecule has 0 atom stereocenters. The Kier molecular flexibility index (Phi) is 3.22. The second-order valence-corrected chi connectivity index (χ2v) is 2.49. The molecule has 6 nitrogen and oxygen atoms in total. The van der Waals surface area contributed by atoms with Crippen molar-refractivity contribution >= 4 is 12.0 Å². The lowest BCUT2D eigenvalue weighted by molar-refractivity contribution is -0.806. The summed E-state index contributed by atoms with van der Waals surface area (Å²) in [7, 11) is 0. The van der Waals surface area contributed by atoms with Gasteiger partial charge in [0.1, 0.15) is 0 Å². The number of hydrogen-bond acceptors (Lipinski definition) is 5. The zero-order valence-electron chi connectivity index (χ0n) is 7.89. The molecule has 0 N–H and O–H groups in total. The Morgan fingerprint density at radius 3 is 3.00 bits per heavy atom. The molecular weight excluding hydrogens is 188 g/mol. The van der Waals surface area contributed by atoms with Crippen LogP contribution >= 0.6 is 0 Å². The predicted molar refractivity (Wildman–Crippen MR) is 45.9 cm³/mol. The van der Waals surface area contributed by atoms with Crippen LogP contribution in [0.4, 0.5) is 0 Å². The standard InChI is InChI=1S/C8H10N2O4/c1-3-13-8(11)5-4-7-6(2)10(12)14-9-7/h4-5H,3H2,1-2H3/b5-4+. The summed E-state index contributed by atoms with van der Waals surface area (Å²) in [5.74, 6) is -0.479. The molecule has 1 rings (SSSR count). The number of rotatable bonds is 3. The van der Waals surface area contributed by atoms with Crippen LogP contribution in [-0.4, -0.2) is 17.7 Å². The van der Waals surface area contributed by atoms with Crippen LogP contribution in [0.25, 0.3) is 6.08 Å². The Morgan fingerprint density at radius 1 is 1.79 bits per heavy atom. The van der Waals surface area contributed by atoms with E-state index in [4.69, 9.17) is 0 Å². The number of carbonyl (C=O) groups is 1. The highest BCUT2D eigenvalue weighted by Crippen LogP contribution is 2.01. The average molecular weight is 198 g/mol. The smallest absolute Gasteiger partial charge is 0.330 e. The van der Waals surface area contributed by atoms with E-state index in [0.717, 1.165) is 0 Å². The van der Waals surface area contributed by atoms with Crippen molar-refractivity contribution in [1.82, 2.24) is 5.16 Å². The van der Waals surface area contributed by atoms with E-state index < -0.39 is 5.97 Å². The highest BCUT2D eigenvalue weighted by molar-refractivity contribution is 5.86. The van der Waals surface area contributed by atoms with E-state index in [2.05, 4.69) is 14.5 Å². The number of ether oxygens (including phenoxy) is 1. The van der Waals surface area contributed by atoms with E-state index in [9.17, 15) is 10.0 Å². The normalized spacial score (nSPS) is 10.7. The third-order valence-electron chi connectivity index (χ3n) is 1.52. The van der Waals surface area contributed by atoms with Gasteiger partial charge in [0.05, 0.1) is 6.61 Å². The zero-order chi connectivity index (χ0) is 10.6. The van der Waals surface area contributed by atoms with Gasteiger partial charge in [-0.15, -0.1) is 0 Å². The summed E-state index contributed by atoms with van der Waals surface area (Å²) in [5, 5.41) is 14.2. The first-order chi connectivity index (χ1) is 6.65. The third kappa shape index (κ3) is 2.32. The van der Waals surface area contributed by atoms with Crippen LogP contribution in [0, 0.1) is 12.1 Å². The first kappa shape index (κ1) is 10.2. The van der Waals surface area contributed by atoms with Gasteiger partial charge in [0, 0.05) is 24.2 Å². The number of nitrogens with zero attached hydrogens (tertiary/aromatic N) is 2. The predicted octanol–water partition coefficient (Wildman–Crippen LogP) is 0.193. The van der Waals surface area contributed by atoms with Gasteiger partial charge in [0.25, 0.3) is 0 Å². The molecule has 0 bridgehead atoms. The number of esters is 1. The fourth-order valence-electron chi connectivity index (χ4n) is 0.790. The molecule has 0 aromatic carbocycles. The van der Waals surface area contributed by atoms with Crippen LogP contribution < -0.4 is 4.90 Å². The lowest BCUT2D eigenvalue weighted by Gasteiger charge is -1.92. The molecule has 0 saturated heterocycles. The molecule has 1 aromatic rings. The van der Waals surface area contributed by atoms with Crippen LogP contribution in [0.5, 0.6) is 0 Å². The molecule has 0 amide bonds. The third-order valence-corrected chi connectivity index (χ3v) is 1.52. The van der Waals surface area contributed by atoms with Crippen molar-refractivity contribution in [2.75, 3.05) is 6.61 Å². The Labute approximate surface area is 80.3 Å². The largest absolute Gasteiger partial charge is 0.463 e. The van der Waals surface area contributed by atoms with Gasteiger partial charge in [-0.3, -0.25) is 4.63 Å². The van der Waals surface area contributed by atoms with Gasteiger partial charge in [0.15, 0.2) is 5.69 Å². The summed E-state index contributed by atoms with van der Waals surface area (Å²) in [5.41, 5.74) is 0.610. The maximum absolute atomic E-state index is 10.9. The highest BCUT2D eigenvalue weighted by atomic mass is 16.8. The van der Waals surface area contributed by atoms with Crippen LogP contribution in [0.3, 0.4) is 0 Å². The lowest BCUT2D eigenvalue weighted by Crippen LogP contribution is -2.25. The van der Waals surface area contributed by atoms with Crippen molar-refractivity contribution in [2.45, 2.75) is 13.8 Å². The highest BCUT2D eigenvalue weighted by Gasteiger charge is 2.10. The molecule has 0 aliphatic carbocycles. The maximum atomic E-state index is 10.9. The molecule has 0 aliphatic rings. The monoisotopic (exact) mass is 198 g/mol. The second-order valence-electron chi connectivity index (χ2n) is 2.49. The van der Waals surface area contributed by atoms with Crippen LogP contribution in [0.15, 0.2) is 10.7 Å². The summed E-state index contributed by atoms with van der Waals surface area (Å²) in [6.45, 7) is 3.55. The van der Waals surface area contributed by atoms with Crippen LogP contribution in [0.2, 0.25) is 0 Å². The Bertz CT molecular complexity index is 356. The molecule has 0 spiro atoms. The molecule has 0 radical (unpaired) electrons. The quantitative estimate of drug-likeness (QED) is 0.393. The fourth-order valence-corrected chi connectivity index (χ4v) is 0.790. The van der Waals surface area contributed by atoms with Crippen molar-refractivity contribution in [3.8, 4) is 0 Å². The van der Waals surface area contributed by atoms with E-state index in [1.165, 1.54) is 19.1 Å². The van der Waals surface area contributed by atoms with E-state index in [0.29, 0.717) is 18.0 Å². The van der Waals surface area contributed by atoms with Gasteiger partial charge in [-0.1, -0.05) is 0 Å². The van der Waals surface area contributed by atoms with Gasteiger partial charge < -0.3 is 9.94 Å². The van der Waals surface area contributed by atoms with Crippen molar-refractivity contribution in [3.05, 3.63) is 22.7 Å². The molecule has 0 unspecified atom stereocenters. The number of aromatic nitrogens is 2. The van der Waals surface area contributed by atoms with Gasteiger partial charge in [-0.2, -0.15) is 0 Å². The molecule has 6 heteroatoms. The Balaban J connectivity index is 2.69. The van der Waals surface area contributed by atoms with Gasteiger partial charge >= 0.3 is 5.97 Å². The molecule has 1 aromatic heterocycles. The molecule has 76 valence electrons. The van der Waals surface area contributed by atoms with Gasteiger partial charge in [-0.05, 0) is 11.8 Å². The van der Waals surface area contributed by atoms with E-state index >= 15 is 0 Å². The zero-order valence-corrected chi connectivity index (χ0v) is 7.89.